The highest BCUT2D eigenvalue weighted by Crippen LogP contribution is 2.29. The summed E-state index contributed by atoms with van der Waals surface area (Å²) in [6.45, 7) is 4.98. The lowest BCUT2D eigenvalue weighted by atomic mass is 10.1. The van der Waals surface area contributed by atoms with Crippen LogP contribution in [0.5, 0.6) is 5.75 Å². The van der Waals surface area contributed by atoms with Gasteiger partial charge in [-0.15, -0.1) is 0 Å². The van der Waals surface area contributed by atoms with Crippen LogP contribution in [0.2, 0.25) is 5.02 Å². The molecule has 4 aromatic rings. The third-order valence-corrected chi connectivity index (χ3v) is 4.62. The fourth-order valence-electron chi connectivity index (χ4n) is 2.92. The first-order chi connectivity index (χ1) is 13.8. The first-order valence-corrected chi connectivity index (χ1v) is 9.32. The first-order valence-electron chi connectivity index (χ1n) is 8.94. The number of fused-ring (bicyclic) bond motifs is 1. The molecule has 0 fully saturated rings. The molecule has 5 nitrogen and oxygen atoms in total. The molecule has 0 saturated carbocycles. The SMILES string of the molecule is C=Cc1cnn2c(NCCOc3ccccc3)cc(-c3ccccc3Cl)nc12. The van der Waals surface area contributed by atoms with Crippen molar-refractivity contribution >= 4 is 29.1 Å². The predicted octanol–water partition coefficient (Wildman–Crippen LogP) is 5.18. The summed E-state index contributed by atoms with van der Waals surface area (Å²) in [4.78, 5) is 4.75. The summed E-state index contributed by atoms with van der Waals surface area (Å²) in [5, 5.41) is 8.46. The van der Waals surface area contributed by atoms with Crippen molar-refractivity contribution in [2.24, 2.45) is 0 Å². The number of para-hydroxylation sites is 1. The molecule has 2 heterocycles. The normalized spacial score (nSPS) is 10.8. The van der Waals surface area contributed by atoms with E-state index in [9.17, 15) is 0 Å². The van der Waals surface area contributed by atoms with E-state index in [0.717, 1.165) is 34.0 Å². The summed E-state index contributed by atoms with van der Waals surface area (Å²) in [5.41, 5.74) is 3.22. The minimum absolute atomic E-state index is 0.519. The Morgan fingerprint density at radius 3 is 2.68 bits per heavy atom. The highest BCUT2D eigenvalue weighted by atomic mass is 35.5. The van der Waals surface area contributed by atoms with Gasteiger partial charge >= 0.3 is 0 Å². The quantitative estimate of drug-likeness (QED) is 0.441. The van der Waals surface area contributed by atoms with E-state index in [1.807, 2.05) is 60.7 Å². The lowest BCUT2D eigenvalue weighted by Crippen LogP contribution is -2.14. The van der Waals surface area contributed by atoms with E-state index in [1.54, 1.807) is 16.8 Å². The van der Waals surface area contributed by atoms with Crippen LogP contribution >= 0.6 is 11.6 Å². The maximum absolute atomic E-state index is 6.38. The molecule has 2 aromatic carbocycles. The van der Waals surface area contributed by atoms with Gasteiger partial charge in [-0.05, 0) is 18.2 Å². The maximum atomic E-state index is 6.38. The first kappa shape index (κ1) is 18.1. The summed E-state index contributed by atoms with van der Waals surface area (Å²) < 4.78 is 7.52. The summed E-state index contributed by atoms with van der Waals surface area (Å²) in [5.74, 6) is 1.65. The second kappa shape index (κ2) is 8.15. The van der Waals surface area contributed by atoms with E-state index >= 15 is 0 Å². The number of hydrogen-bond acceptors (Lipinski definition) is 4. The molecule has 4 rings (SSSR count). The van der Waals surface area contributed by atoms with E-state index < -0.39 is 0 Å². The summed E-state index contributed by atoms with van der Waals surface area (Å²) in [6, 6.07) is 19.3. The number of anilines is 1. The Bertz CT molecular complexity index is 1110. The third-order valence-electron chi connectivity index (χ3n) is 4.29. The Kier molecular flexibility index (Phi) is 5.26. The molecule has 140 valence electrons. The Morgan fingerprint density at radius 1 is 1.11 bits per heavy atom. The second-order valence-corrected chi connectivity index (χ2v) is 6.54. The standard InChI is InChI=1S/C22H19ClN4O/c1-2-16-15-25-27-21(24-12-13-28-17-8-4-3-5-9-17)14-20(26-22(16)27)18-10-6-7-11-19(18)23/h2-11,14-15,24H,1,12-13H2. The van der Waals surface area contributed by atoms with Crippen molar-refractivity contribution in [2.75, 3.05) is 18.5 Å². The summed E-state index contributed by atoms with van der Waals surface area (Å²) >= 11 is 6.38. The van der Waals surface area contributed by atoms with Gasteiger partial charge in [0, 0.05) is 22.2 Å². The van der Waals surface area contributed by atoms with E-state index in [4.69, 9.17) is 21.3 Å². The fraction of sp³-hybridized carbons (Fsp3) is 0.0909. The van der Waals surface area contributed by atoms with E-state index in [1.165, 1.54) is 0 Å². The van der Waals surface area contributed by atoms with Gasteiger partial charge in [-0.25, -0.2) is 4.98 Å². The molecule has 0 aliphatic heterocycles. The van der Waals surface area contributed by atoms with Crippen LogP contribution in [0.25, 0.3) is 23.0 Å². The minimum atomic E-state index is 0.519. The van der Waals surface area contributed by atoms with Gasteiger partial charge in [-0.2, -0.15) is 9.61 Å². The van der Waals surface area contributed by atoms with Crippen LogP contribution in [0.4, 0.5) is 5.82 Å². The van der Waals surface area contributed by atoms with Gasteiger partial charge in [0.1, 0.15) is 18.2 Å². The highest BCUT2D eigenvalue weighted by Gasteiger charge is 2.13. The fourth-order valence-corrected chi connectivity index (χ4v) is 3.15. The molecule has 28 heavy (non-hydrogen) atoms. The van der Waals surface area contributed by atoms with Gasteiger partial charge in [-0.1, -0.05) is 60.7 Å². The molecule has 0 aliphatic carbocycles. The van der Waals surface area contributed by atoms with Crippen molar-refractivity contribution < 1.29 is 4.74 Å². The van der Waals surface area contributed by atoms with Crippen LogP contribution in [-0.4, -0.2) is 27.7 Å². The van der Waals surface area contributed by atoms with Gasteiger partial charge < -0.3 is 10.1 Å². The van der Waals surface area contributed by atoms with Crippen LogP contribution < -0.4 is 10.1 Å². The van der Waals surface area contributed by atoms with Crippen molar-refractivity contribution in [1.82, 2.24) is 14.6 Å². The monoisotopic (exact) mass is 390 g/mol. The van der Waals surface area contributed by atoms with Crippen molar-refractivity contribution in [3.63, 3.8) is 0 Å². The molecule has 0 bridgehead atoms. The number of halogens is 1. The predicted molar refractivity (Wildman–Crippen MR) is 114 cm³/mol. The Hall–Kier alpha value is -3.31. The molecule has 0 unspecified atom stereocenters. The average Bonchev–Trinajstić information content (AvgIpc) is 3.15. The van der Waals surface area contributed by atoms with Crippen LogP contribution in [-0.2, 0) is 0 Å². The maximum Gasteiger partial charge on any atom is 0.165 e. The number of aromatic nitrogens is 3. The van der Waals surface area contributed by atoms with Crippen molar-refractivity contribution in [3.05, 3.63) is 84.0 Å². The van der Waals surface area contributed by atoms with Crippen LogP contribution in [0.1, 0.15) is 5.56 Å². The van der Waals surface area contributed by atoms with E-state index in [0.29, 0.717) is 18.2 Å². The molecule has 0 amide bonds. The molecule has 0 radical (unpaired) electrons. The molecule has 0 atom stereocenters. The largest absolute Gasteiger partial charge is 0.492 e. The second-order valence-electron chi connectivity index (χ2n) is 6.13. The zero-order chi connectivity index (χ0) is 19.3. The molecule has 2 aromatic heterocycles. The zero-order valence-corrected chi connectivity index (χ0v) is 15.9. The van der Waals surface area contributed by atoms with Gasteiger partial charge in [0.25, 0.3) is 0 Å². The molecule has 1 N–H and O–H groups in total. The number of nitrogens with zero attached hydrogens (tertiary/aromatic N) is 3. The van der Waals surface area contributed by atoms with Crippen LogP contribution in [0.15, 0.2) is 73.4 Å². The number of hydrogen-bond donors (Lipinski definition) is 1. The van der Waals surface area contributed by atoms with Gasteiger partial charge in [-0.3, -0.25) is 0 Å². The van der Waals surface area contributed by atoms with Crippen LogP contribution in [0, 0.1) is 0 Å². The Labute approximate surface area is 168 Å². The molecule has 0 spiro atoms. The summed E-state index contributed by atoms with van der Waals surface area (Å²) in [7, 11) is 0. The third kappa shape index (κ3) is 3.70. The highest BCUT2D eigenvalue weighted by molar-refractivity contribution is 6.33. The zero-order valence-electron chi connectivity index (χ0n) is 15.2. The molecular weight excluding hydrogens is 372 g/mol. The van der Waals surface area contributed by atoms with Crippen molar-refractivity contribution in [2.45, 2.75) is 0 Å². The Morgan fingerprint density at radius 2 is 1.89 bits per heavy atom. The average molecular weight is 391 g/mol. The van der Waals surface area contributed by atoms with E-state index in [-0.39, 0.29) is 0 Å². The number of ether oxygens (including phenoxy) is 1. The van der Waals surface area contributed by atoms with Crippen molar-refractivity contribution in [3.8, 4) is 17.0 Å². The van der Waals surface area contributed by atoms with Gasteiger partial charge in [0.05, 0.1) is 18.4 Å². The van der Waals surface area contributed by atoms with E-state index in [2.05, 4.69) is 17.0 Å². The minimum Gasteiger partial charge on any atom is -0.492 e. The van der Waals surface area contributed by atoms with Crippen LogP contribution in [0.3, 0.4) is 0 Å². The Balaban J connectivity index is 1.62. The number of nitrogens with one attached hydrogen (secondary N) is 1. The van der Waals surface area contributed by atoms with Gasteiger partial charge in [0.15, 0.2) is 5.65 Å². The lowest BCUT2D eigenvalue weighted by molar-refractivity contribution is 0.332. The molecule has 0 saturated heterocycles. The molecule has 6 heteroatoms. The number of rotatable bonds is 7. The van der Waals surface area contributed by atoms with Crippen molar-refractivity contribution in [1.29, 1.82) is 0 Å². The topological polar surface area (TPSA) is 51.5 Å². The molecule has 0 aliphatic rings. The number of benzene rings is 2. The lowest BCUT2D eigenvalue weighted by Gasteiger charge is -2.12. The molecular formula is C22H19ClN4O. The summed E-state index contributed by atoms with van der Waals surface area (Å²) in [6.07, 6.45) is 3.49. The smallest absolute Gasteiger partial charge is 0.165 e. The van der Waals surface area contributed by atoms with Gasteiger partial charge in [0.2, 0.25) is 0 Å².